The number of piperidine rings is 1. The maximum atomic E-state index is 12.0. The summed E-state index contributed by atoms with van der Waals surface area (Å²) in [4.78, 5) is 10.8. The molecule has 1 heterocycles. The molecule has 2 aromatic rings. The number of ether oxygens (including phenoxy) is 1. The largest absolute Gasteiger partial charge is 0.465 e. The summed E-state index contributed by atoms with van der Waals surface area (Å²) in [5, 5.41) is 27.1. The molecule has 7 heteroatoms. The Morgan fingerprint density at radius 2 is 2.10 bits per heavy atom. The fourth-order valence-electron chi connectivity index (χ4n) is 4.33. The number of benzene rings is 2. The minimum absolute atomic E-state index is 0.0340. The molecule has 1 saturated heterocycles. The van der Waals surface area contributed by atoms with Gasteiger partial charge < -0.3 is 25.6 Å². The molecule has 0 unspecified atom stereocenters. The quantitative estimate of drug-likeness (QED) is 0.410. The molecule has 0 spiro atoms. The summed E-state index contributed by atoms with van der Waals surface area (Å²) in [6.45, 7) is 3.94. The molecule has 0 radical (unpaired) electrons. The molecule has 1 amide bonds. The topological polar surface area (TPSA) is 90.8 Å². The average Bonchev–Trinajstić information content (AvgIpc) is 2.78. The summed E-state index contributed by atoms with van der Waals surface area (Å²) >= 11 is 6.58. The molecule has 2 atom stereocenters. The number of nitrogens with one attached hydrogen (secondary N) is 2. The van der Waals surface area contributed by atoms with Crippen molar-refractivity contribution in [2.24, 2.45) is 5.92 Å². The number of amides is 1. The first kappa shape index (κ1) is 23.4. The number of hydrogen-bond donors (Lipinski definition) is 4. The van der Waals surface area contributed by atoms with Gasteiger partial charge in [-0.25, -0.2) is 4.79 Å². The standard InChI is InChI=1S/C24H31ClN2O4/c1-2-17-8-3-4-12-21(17)31-22-19(10-5-11-20(22)25)24(30,13-7-15-27-23(28)29)18-9-6-14-26-16-18/h3-5,8,10-12,18,26-27,30H,2,6-7,9,13-16H2,1H3,(H,28,29)/t18-,24+/m1/s1. The zero-order valence-electron chi connectivity index (χ0n) is 17.9. The molecule has 6 nitrogen and oxygen atoms in total. The van der Waals surface area contributed by atoms with Crippen LogP contribution in [0.4, 0.5) is 4.79 Å². The fraction of sp³-hybridized carbons (Fsp3) is 0.458. The van der Waals surface area contributed by atoms with Crippen LogP contribution in [0.1, 0.15) is 43.7 Å². The van der Waals surface area contributed by atoms with Crippen molar-refractivity contribution in [2.75, 3.05) is 19.6 Å². The number of hydrogen-bond acceptors (Lipinski definition) is 4. The van der Waals surface area contributed by atoms with Gasteiger partial charge in [0, 0.05) is 24.6 Å². The molecule has 31 heavy (non-hydrogen) atoms. The van der Waals surface area contributed by atoms with E-state index in [1.165, 1.54) is 0 Å². The number of halogens is 1. The SMILES string of the molecule is CCc1ccccc1Oc1c(Cl)cccc1[C@](O)(CCCNC(=O)O)[C@@H]1CCCNC1. The number of carboxylic acid groups (broad SMARTS) is 1. The summed E-state index contributed by atoms with van der Waals surface area (Å²) in [7, 11) is 0. The number of rotatable bonds is 9. The molecule has 1 aliphatic rings. The van der Waals surface area contributed by atoms with Crippen molar-refractivity contribution in [3.63, 3.8) is 0 Å². The predicted octanol–water partition coefficient (Wildman–Crippen LogP) is 4.93. The molecule has 2 aromatic carbocycles. The van der Waals surface area contributed by atoms with Gasteiger partial charge in [0.25, 0.3) is 0 Å². The first-order valence-corrected chi connectivity index (χ1v) is 11.3. The van der Waals surface area contributed by atoms with Crippen LogP contribution < -0.4 is 15.4 Å². The van der Waals surface area contributed by atoms with Crippen LogP contribution in [-0.4, -0.2) is 35.9 Å². The first-order valence-electron chi connectivity index (χ1n) is 10.9. The molecule has 1 aliphatic heterocycles. The van der Waals surface area contributed by atoms with Gasteiger partial charge in [-0.3, -0.25) is 0 Å². The third-order valence-corrected chi connectivity index (χ3v) is 6.28. The molecule has 4 N–H and O–H groups in total. The summed E-state index contributed by atoms with van der Waals surface area (Å²) in [6.07, 6.45) is 2.48. The number of carbonyl (C=O) groups is 1. The molecule has 1 fully saturated rings. The van der Waals surface area contributed by atoms with Crippen molar-refractivity contribution in [1.29, 1.82) is 0 Å². The highest BCUT2D eigenvalue weighted by molar-refractivity contribution is 6.32. The van der Waals surface area contributed by atoms with Gasteiger partial charge in [-0.2, -0.15) is 0 Å². The number of para-hydroxylation sites is 2. The molecule has 0 bridgehead atoms. The van der Waals surface area contributed by atoms with E-state index < -0.39 is 11.7 Å². The van der Waals surface area contributed by atoms with Crippen molar-refractivity contribution in [1.82, 2.24) is 10.6 Å². The summed E-state index contributed by atoms with van der Waals surface area (Å²) in [5.41, 5.74) is 0.506. The van der Waals surface area contributed by atoms with Crippen LogP contribution in [0.5, 0.6) is 11.5 Å². The minimum atomic E-state index is -1.20. The Balaban J connectivity index is 1.97. The second-order valence-electron chi connectivity index (χ2n) is 7.98. The molecular weight excluding hydrogens is 416 g/mol. The van der Waals surface area contributed by atoms with Crippen molar-refractivity contribution < 1.29 is 19.7 Å². The van der Waals surface area contributed by atoms with Gasteiger partial charge in [0.2, 0.25) is 0 Å². The van der Waals surface area contributed by atoms with E-state index in [-0.39, 0.29) is 12.5 Å². The lowest BCUT2D eigenvalue weighted by atomic mass is 9.74. The highest BCUT2D eigenvalue weighted by Gasteiger charge is 2.41. The lowest BCUT2D eigenvalue weighted by Gasteiger charge is -2.40. The van der Waals surface area contributed by atoms with Crippen molar-refractivity contribution >= 4 is 17.7 Å². The van der Waals surface area contributed by atoms with Crippen LogP contribution in [-0.2, 0) is 12.0 Å². The van der Waals surface area contributed by atoms with E-state index in [1.54, 1.807) is 6.07 Å². The maximum absolute atomic E-state index is 12.0. The van der Waals surface area contributed by atoms with E-state index in [0.717, 1.165) is 37.1 Å². The van der Waals surface area contributed by atoms with Gasteiger partial charge >= 0.3 is 6.09 Å². The van der Waals surface area contributed by atoms with Crippen LogP contribution in [0.15, 0.2) is 42.5 Å². The lowest BCUT2D eigenvalue weighted by molar-refractivity contribution is -0.0433. The maximum Gasteiger partial charge on any atom is 0.404 e. The number of aryl methyl sites for hydroxylation is 1. The predicted molar refractivity (Wildman–Crippen MR) is 122 cm³/mol. The van der Waals surface area contributed by atoms with Crippen molar-refractivity contribution in [3.05, 3.63) is 58.6 Å². The fourth-order valence-corrected chi connectivity index (χ4v) is 4.54. The summed E-state index contributed by atoms with van der Waals surface area (Å²) < 4.78 is 6.32. The Labute approximate surface area is 188 Å². The Kier molecular flexibility index (Phi) is 8.18. The Morgan fingerprint density at radius 1 is 1.29 bits per heavy atom. The van der Waals surface area contributed by atoms with Gasteiger partial charge in [0.1, 0.15) is 5.75 Å². The van der Waals surface area contributed by atoms with Crippen LogP contribution >= 0.6 is 11.6 Å². The molecule has 0 saturated carbocycles. The molecule has 168 valence electrons. The smallest absolute Gasteiger partial charge is 0.404 e. The minimum Gasteiger partial charge on any atom is -0.465 e. The normalized spacial score (nSPS) is 18.2. The van der Waals surface area contributed by atoms with E-state index >= 15 is 0 Å². The summed E-state index contributed by atoms with van der Waals surface area (Å²) in [6, 6.07) is 13.3. The Bertz CT molecular complexity index is 886. The van der Waals surface area contributed by atoms with Gasteiger partial charge in [0.15, 0.2) is 5.75 Å². The van der Waals surface area contributed by atoms with E-state index in [2.05, 4.69) is 17.6 Å². The molecule has 0 aliphatic carbocycles. The van der Waals surface area contributed by atoms with Crippen LogP contribution in [0.2, 0.25) is 5.02 Å². The van der Waals surface area contributed by atoms with E-state index in [9.17, 15) is 9.90 Å². The lowest BCUT2D eigenvalue weighted by Crippen LogP contribution is -2.45. The zero-order chi connectivity index (χ0) is 22.3. The summed E-state index contributed by atoms with van der Waals surface area (Å²) in [5.74, 6) is 1.15. The van der Waals surface area contributed by atoms with E-state index in [4.69, 9.17) is 21.4 Å². The van der Waals surface area contributed by atoms with Gasteiger partial charge in [-0.1, -0.05) is 48.9 Å². The highest BCUT2D eigenvalue weighted by Crippen LogP contribution is 2.46. The third kappa shape index (κ3) is 5.70. The monoisotopic (exact) mass is 446 g/mol. The average molecular weight is 447 g/mol. The van der Waals surface area contributed by atoms with Crippen molar-refractivity contribution in [3.8, 4) is 11.5 Å². The number of aliphatic hydroxyl groups is 1. The van der Waals surface area contributed by atoms with E-state index in [1.807, 2.05) is 36.4 Å². The second-order valence-corrected chi connectivity index (χ2v) is 8.39. The Morgan fingerprint density at radius 3 is 2.81 bits per heavy atom. The van der Waals surface area contributed by atoms with Crippen LogP contribution in [0.25, 0.3) is 0 Å². The van der Waals surface area contributed by atoms with Gasteiger partial charge in [0.05, 0.1) is 10.6 Å². The van der Waals surface area contributed by atoms with Gasteiger partial charge in [-0.05, 0) is 56.3 Å². The first-order chi connectivity index (χ1) is 15.0. The second kappa shape index (κ2) is 10.8. The Hall–Kier alpha value is -2.28. The molecule has 0 aromatic heterocycles. The third-order valence-electron chi connectivity index (χ3n) is 5.98. The molecular formula is C24H31ClN2O4. The van der Waals surface area contributed by atoms with Gasteiger partial charge in [-0.15, -0.1) is 0 Å². The van der Waals surface area contributed by atoms with Crippen molar-refractivity contribution in [2.45, 2.75) is 44.6 Å². The van der Waals surface area contributed by atoms with Crippen LogP contribution in [0, 0.1) is 5.92 Å². The highest BCUT2D eigenvalue weighted by atomic mass is 35.5. The molecule has 3 rings (SSSR count). The zero-order valence-corrected chi connectivity index (χ0v) is 18.6. The van der Waals surface area contributed by atoms with Crippen LogP contribution in [0.3, 0.4) is 0 Å². The van der Waals surface area contributed by atoms with E-state index in [0.29, 0.717) is 35.7 Å².